The fourth-order valence-electron chi connectivity index (χ4n) is 3.04. The maximum absolute atomic E-state index is 13.1. The second kappa shape index (κ2) is 10.7. The summed E-state index contributed by atoms with van der Waals surface area (Å²) in [6, 6.07) is 13.8. The first-order valence-electron chi connectivity index (χ1n) is 10.1. The molecule has 5 heteroatoms. The minimum atomic E-state index is -0.135. The molecule has 1 atom stereocenters. The van der Waals surface area contributed by atoms with Crippen LogP contribution in [0.15, 0.2) is 53.1 Å². The summed E-state index contributed by atoms with van der Waals surface area (Å²) in [5, 5.41) is 0. The number of nitrogens with zero attached hydrogens (tertiary/aromatic N) is 2. The molecule has 0 spiro atoms. The first-order chi connectivity index (χ1) is 13.4. The summed E-state index contributed by atoms with van der Waals surface area (Å²) in [5.74, 6) is 0.571. The Morgan fingerprint density at radius 1 is 1.04 bits per heavy atom. The van der Waals surface area contributed by atoms with Crippen molar-refractivity contribution in [3.8, 4) is 0 Å². The molecule has 1 heterocycles. The Bertz CT molecular complexity index is 726. The molecule has 1 aromatic carbocycles. The first-order valence-corrected chi connectivity index (χ1v) is 10.1. The van der Waals surface area contributed by atoms with E-state index in [-0.39, 0.29) is 30.3 Å². The lowest BCUT2D eigenvalue weighted by molar-refractivity contribution is -0.144. The van der Waals surface area contributed by atoms with Gasteiger partial charge in [0.1, 0.15) is 12.3 Å². The summed E-state index contributed by atoms with van der Waals surface area (Å²) in [5.41, 5.74) is 1.18. The van der Waals surface area contributed by atoms with Crippen LogP contribution in [0.3, 0.4) is 0 Å². The highest BCUT2D eigenvalue weighted by Crippen LogP contribution is 2.13. The SMILES string of the molecule is CC[C@H](C)N(CC(=O)N(CCc1ccccc1)Cc1ccco1)C(=O)C(C)C. The van der Waals surface area contributed by atoms with Crippen molar-refractivity contribution in [3.05, 3.63) is 60.1 Å². The maximum atomic E-state index is 13.1. The van der Waals surface area contributed by atoms with Crippen molar-refractivity contribution in [1.29, 1.82) is 0 Å². The van der Waals surface area contributed by atoms with Crippen molar-refractivity contribution in [2.75, 3.05) is 13.1 Å². The lowest BCUT2D eigenvalue weighted by atomic mass is 10.1. The van der Waals surface area contributed by atoms with Gasteiger partial charge in [-0.15, -0.1) is 0 Å². The number of carbonyl (C=O) groups is 2. The van der Waals surface area contributed by atoms with E-state index in [4.69, 9.17) is 4.42 Å². The number of hydrogen-bond acceptors (Lipinski definition) is 3. The lowest BCUT2D eigenvalue weighted by Gasteiger charge is -2.32. The minimum Gasteiger partial charge on any atom is -0.467 e. The zero-order valence-corrected chi connectivity index (χ0v) is 17.4. The highest BCUT2D eigenvalue weighted by Gasteiger charge is 2.26. The summed E-state index contributed by atoms with van der Waals surface area (Å²) in [4.78, 5) is 29.3. The largest absolute Gasteiger partial charge is 0.467 e. The molecule has 0 unspecified atom stereocenters. The first kappa shape index (κ1) is 21.7. The number of benzene rings is 1. The van der Waals surface area contributed by atoms with Gasteiger partial charge in [-0.25, -0.2) is 0 Å². The molecule has 0 fully saturated rings. The molecule has 5 nitrogen and oxygen atoms in total. The topological polar surface area (TPSA) is 53.8 Å². The van der Waals surface area contributed by atoms with Crippen LogP contribution in [0, 0.1) is 5.92 Å². The second-order valence-electron chi connectivity index (χ2n) is 7.51. The lowest BCUT2D eigenvalue weighted by Crippen LogP contribution is -2.48. The van der Waals surface area contributed by atoms with Crippen molar-refractivity contribution in [2.45, 2.75) is 53.1 Å². The molecule has 2 rings (SSSR count). The number of hydrogen-bond donors (Lipinski definition) is 0. The Labute approximate surface area is 168 Å². The van der Waals surface area contributed by atoms with Gasteiger partial charge in [0, 0.05) is 18.5 Å². The van der Waals surface area contributed by atoms with E-state index in [9.17, 15) is 9.59 Å². The molecule has 0 bridgehead atoms. The molecule has 0 aliphatic heterocycles. The molecular formula is C23H32N2O3. The minimum absolute atomic E-state index is 0.0173. The quantitative estimate of drug-likeness (QED) is 0.619. The van der Waals surface area contributed by atoms with Crippen molar-refractivity contribution in [3.63, 3.8) is 0 Å². The Kier molecular flexibility index (Phi) is 8.30. The van der Waals surface area contributed by atoms with Gasteiger partial charge in [-0.05, 0) is 37.5 Å². The number of rotatable bonds is 10. The zero-order valence-electron chi connectivity index (χ0n) is 17.4. The highest BCUT2D eigenvalue weighted by molar-refractivity contribution is 5.86. The molecule has 2 aromatic rings. The predicted molar refractivity (Wildman–Crippen MR) is 111 cm³/mol. The third kappa shape index (κ3) is 6.25. The normalized spacial score (nSPS) is 12.0. The summed E-state index contributed by atoms with van der Waals surface area (Å²) in [7, 11) is 0. The number of amides is 2. The van der Waals surface area contributed by atoms with Crippen LogP contribution in [0.25, 0.3) is 0 Å². The van der Waals surface area contributed by atoms with Crippen LogP contribution in [-0.4, -0.2) is 40.7 Å². The predicted octanol–water partition coefficient (Wildman–Crippen LogP) is 4.13. The summed E-state index contributed by atoms with van der Waals surface area (Å²) in [6.07, 6.45) is 3.19. The van der Waals surface area contributed by atoms with Gasteiger partial charge in [0.15, 0.2) is 0 Å². The van der Waals surface area contributed by atoms with Crippen LogP contribution >= 0.6 is 0 Å². The third-order valence-corrected chi connectivity index (χ3v) is 5.00. The zero-order chi connectivity index (χ0) is 20.5. The van der Waals surface area contributed by atoms with E-state index in [1.807, 2.05) is 58.0 Å². The molecule has 0 aliphatic rings. The smallest absolute Gasteiger partial charge is 0.242 e. The highest BCUT2D eigenvalue weighted by atomic mass is 16.3. The van der Waals surface area contributed by atoms with Crippen molar-refractivity contribution >= 4 is 11.8 Å². The average Bonchev–Trinajstić information content (AvgIpc) is 3.21. The van der Waals surface area contributed by atoms with Crippen LogP contribution in [0.5, 0.6) is 0 Å². The number of carbonyl (C=O) groups excluding carboxylic acids is 2. The second-order valence-corrected chi connectivity index (χ2v) is 7.51. The van der Waals surface area contributed by atoms with E-state index in [1.165, 1.54) is 5.56 Å². The van der Waals surface area contributed by atoms with Gasteiger partial charge in [0.2, 0.25) is 11.8 Å². The van der Waals surface area contributed by atoms with Crippen LogP contribution in [0.1, 0.15) is 45.4 Å². The monoisotopic (exact) mass is 384 g/mol. The van der Waals surface area contributed by atoms with Gasteiger partial charge < -0.3 is 14.2 Å². The van der Waals surface area contributed by atoms with E-state index >= 15 is 0 Å². The van der Waals surface area contributed by atoms with Gasteiger partial charge in [-0.3, -0.25) is 9.59 Å². The van der Waals surface area contributed by atoms with Crippen LogP contribution in [0.2, 0.25) is 0 Å². The fraction of sp³-hybridized carbons (Fsp3) is 0.478. The summed E-state index contributed by atoms with van der Waals surface area (Å²) in [6.45, 7) is 8.86. The van der Waals surface area contributed by atoms with E-state index in [2.05, 4.69) is 12.1 Å². The molecule has 0 N–H and O–H groups in total. The Morgan fingerprint density at radius 3 is 2.32 bits per heavy atom. The van der Waals surface area contributed by atoms with Crippen LogP contribution in [-0.2, 0) is 22.6 Å². The van der Waals surface area contributed by atoms with E-state index < -0.39 is 0 Å². The van der Waals surface area contributed by atoms with Crippen LogP contribution < -0.4 is 0 Å². The van der Waals surface area contributed by atoms with Gasteiger partial charge >= 0.3 is 0 Å². The standard InChI is InChI=1S/C23H32N2O3/c1-5-19(4)25(23(27)18(2)3)17-22(26)24(16-21-12-9-15-28-21)14-13-20-10-7-6-8-11-20/h6-12,15,18-19H,5,13-14,16-17H2,1-4H3/t19-/m0/s1. The molecule has 0 aliphatic carbocycles. The van der Waals surface area contributed by atoms with Crippen molar-refractivity contribution in [2.24, 2.45) is 5.92 Å². The number of furan rings is 1. The summed E-state index contributed by atoms with van der Waals surface area (Å²) < 4.78 is 5.45. The van der Waals surface area contributed by atoms with Gasteiger partial charge in [0.05, 0.1) is 12.8 Å². The Hall–Kier alpha value is -2.56. The molecular weight excluding hydrogens is 352 g/mol. The van der Waals surface area contributed by atoms with Crippen molar-refractivity contribution in [1.82, 2.24) is 9.80 Å². The van der Waals surface area contributed by atoms with Gasteiger partial charge in [-0.1, -0.05) is 51.1 Å². The molecule has 1 aromatic heterocycles. The molecule has 2 amide bonds. The van der Waals surface area contributed by atoms with Crippen molar-refractivity contribution < 1.29 is 14.0 Å². The average molecular weight is 385 g/mol. The third-order valence-electron chi connectivity index (χ3n) is 5.00. The van der Waals surface area contributed by atoms with E-state index in [0.717, 1.165) is 18.6 Å². The summed E-state index contributed by atoms with van der Waals surface area (Å²) >= 11 is 0. The van der Waals surface area contributed by atoms with Gasteiger partial charge in [-0.2, -0.15) is 0 Å². The molecule has 0 radical (unpaired) electrons. The molecule has 0 saturated heterocycles. The molecule has 28 heavy (non-hydrogen) atoms. The molecule has 152 valence electrons. The molecule has 0 saturated carbocycles. The Balaban J connectivity index is 2.12. The van der Waals surface area contributed by atoms with Crippen LogP contribution in [0.4, 0.5) is 0 Å². The van der Waals surface area contributed by atoms with Gasteiger partial charge in [0.25, 0.3) is 0 Å². The Morgan fingerprint density at radius 2 is 1.75 bits per heavy atom. The fourth-order valence-corrected chi connectivity index (χ4v) is 3.04. The maximum Gasteiger partial charge on any atom is 0.242 e. The van der Waals surface area contributed by atoms with E-state index in [1.54, 1.807) is 16.1 Å². The van der Waals surface area contributed by atoms with E-state index in [0.29, 0.717) is 13.1 Å².